The highest BCUT2D eigenvalue weighted by Crippen LogP contribution is 2.26. The molecular weight excluding hydrogens is 272 g/mol. The van der Waals surface area contributed by atoms with Gasteiger partial charge in [-0.2, -0.15) is 0 Å². The maximum atomic E-state index is 11.0. The largest absolute Gasteiger partial charge is 0.497 e. The summed E-state index contributed by atoms with van der Waals surface area (Å²) in [4.78, 5) is 14.7. The zero-order chi connectivity index (χ0) is 15.2. The van der Waals surface area contributed by atoms with Crippen molar-refractivity contribution in [1.82, 2.24) is 4.98 Å². The average Bonchev–Trinajstić information content (AvgIpc) is 2.52. The van der Waals surface area contributed by atoms with Crippen LogP contribution in [0.4, 0.5) is 5.69 Å². The van der Waals surface area contributed by atoms with Crippen molar-refractivity contribution in [3.05, 3.63) is 57.8 Å². The third-order valence-corrected chi connectivity index (χ3v) is 2.87. The monoisotopic (exact) mass is 286 g/mol. The van der Waals surface area contributed by atoms with Crippen LogP contribution in [0.15, 0.2) is 36.5 Å². The third kappa shape index (κ3) is 3.36. The van der Waals surface area contributed by atoms with Gasteiger partial charge in [-0.1, -0.05) is 0 Å². The Morgan fingerprint density at radius 2 is 1.90 bits per heavy atom. The molecule has 6 heteroatoms. The first-order valence-corrected chi connectivity index (χ1v) is 6.15. The summed E-state index contributed by atoms with van der Waals surface area (Å²) in [6, 6.07) is 8.16. The SMILES string of the molecule is COc1ccc([N+](=O)[O-])c(C=Cc2cccnc2OC)c1. The van der Waals surface area contributed by atoms with E-state index in [1.807, 2.05) is 6.07 Å². The molecule has 2 aromatic rings. The Balaban J connectivity index is 2.41. The zero-order valence-corrected chi connectivity index (χ0v) is 11.6. The van der Waals surface area contributed by atoms with E-state index in [9.17, 15) is 10.1 Å². The van der Waals surface area contributed by atoms with Crippen molar-refractivity contribution in [2.45, 2.75) is 0 Å². The molecule has 0 amide bonds. The Morgan fingerprint density at radius 1 is 1.14 bits per heavy atom. The first-order valence-electron chi connectivity index (χ1n) is 6.15. The summed E-state index contributed by atoms with van der Waals surface area (Å²) in [5.41, 5.74) is 1.19. The fourth-order valence-electron chi connectivity index (χ4n) is 1.84. The molecule has 6 nitrogen and oxygen atoms in total. The van der Waals surface area contributed by atoms with E-state index in [2.05, 4.69) is 4.98 Å². The highest BCUT2D eigenvalue weighted by atomic mass is 16.6. The number of hydrogen-bond acceptors (Lipinski definition) is 5. The van der Waals surface area contributed by atoms with Crippen LogP contribution >= 0.6 is 0 Å². The fourth-order valence-corrected chi connectivity index (χ4v) is 1.84. The molecule has 0 aliphatic heterocycles. The minimum absolute atomic E-state index is 0.00917. The number of aromatic nitrogens is 1. The van der Waals surface area contributed by atoms with Gasteiger partial charge in [-0.3, -0.25) is 10.1 Å². The number of pyridine rings is 1. The standard InChI is InChI=1S/C15H14N2O4/c1-20-13-7-8-14(17(18)19)12(10-13)6-5-11-4-3-9-16-15(11)21-2/h3-10H,1-2H3. The maximum Gasteiger partial charge on any atom is 0.276 e. The number of nitro benzene ring substituents is 1. The summed E-state index contributed by atoms with van der Waals surface area (Å²) in [5, 5.41) is 11.0. The molecule has 2 rings (SSSR count). The lowest BCUT2D eigenvalue weighted by molar-refractivity contribution is -0.385. The Kier molecular flexibility index (Phi) is 4.50. The van der Waals surface area contributed by atoms with Crippen LogP contribution in [0.2, 0.25) is 0 Å². The topological polar surface area (TPSA) is 74.5 Å². The Hall–Kier alpha value is -2.89. The van der Waals surface area contributed by atoms with Crippen molar-refractivity contribution in [2.75, 3.05) is 14.2 Å². The Bertz CT molecular complexity index is 683. The number of hydrogen-bond donors (Lipinski definition) is 0. The van der Waals surface area contributed by atoms with Gasteiger partial charge in [0.2, 0.25) is 5.88 Å². The maximum absolute atomic E-state index is 11.0. The smallest absolute Gasteiger partial charge is 0.276 e. The van der Waals surface area contributed by atoms with E-state index in [1.165, 1.54) is 20.3 Å². The van der Waals surface area contributed by atoms with E-state index < -0.39 is 4.92 Å². The quantitative estimate of drug-likeness (QED) is 0.623. The number of nitro groups is 1. The van der Waals surface area contributed by atoms with E-state index in [-0.39, 0.29) is 5.69 Å². The molecule has 0 saturated carbocycles. The predicted octanol–water partition coefficient (Wildman–Crippen LogP) is 3.18. The van der Waals surface area contributed by atoms with E-state index in [4.69, 9.17) is 9.47 Å². The molecule has 0 aliphatic carbocycles. The number of ether oxygens (including phenoxy) is 2. The number of rotatable bonds is 5. The van der Waals surface area contributed by atoms with Gasteiger partial charge < -0.3 is 9.47 Å². The van der Waals surface area contributed by atoms with E-state index >= 15 is 0 Å². The van der Waals surface area contributed by atoms with E-state index in [0.29, 0.717) is 17.2 Å². The van der Waals surface area contributed by atoms with E-state index in [0.717, 1.165) is 5.56 Å². The normalized spacial score (nSPS) is 10.6. The van der Waals surface area contributed by atoms with Crippen LogP contribution in [0.3, 0.4) is 0 Å². The van der Waals surface area contributed by atoms with Crippen LogP contribution in [-0.4, -0.2) is 24.1 Å². The van der Waals surface area contributed by atoms with Crippen molar-refractivity contribution in [3.8, 4) is 11.6 Å². The summed E-state index contributed by atoms with van der Waals surface area (Å²) < 4.78 is 10.2. The molecule has 1 heterocycles. The number of nitrogens with zero attached hydrogens (tertiary/aromatic N) is 2. The van der Waals surface area contributed by atoms with Crippen molar-refractivity contribution in [1.29, 1.82) is 0 Å². The molecule has 0 spiro atoms. The molecule has 0 aliphatic rings. The van der Waals surface area contributed by atoms with Crippen LogP contribution in [0.1, 0.15) is 11.1 Å². The van der Waals surface area contributed by atoms with Crippen molar-refractivity contribution < 1.29 is 14.4 Å². The Morgan fingerprint density at radius 3 is 2.57 bits per heavy atom. The van der Waals surface area contributed by atoms with Crippen molar-refractivity contribution in [2.24, 2.45) is 0 Å². The van der Waals surface area contributed by atoms with Gasteiger partial charge in [0, 0.05) is 17.8 Å². The van der Waals surface area contributed by atoms with Gasteiger partial charge >= 0.3 is 0 Å². The molecule has 0 unspecified atom stereocenters. The molecule has 0 N–H and O–H groups in total. The summed E-state index contributed by atoms with van der Waals surface area (Å²) >= 11 is 0. The summed E-state index contributed by atoms with van der Waals surface area (Å²) in [7, 11) is 3.03. The van der Waals surface area contributed by atoms with Gasteiger partial charge in [0.25, 0.3) is 5.69 Å². The highest BCUT2D eigenvalue weighted by molar-refractivity contribution is 5.76. The van der Waals surface area contributed by atoms with Crippen molar-refractivity contribution in [3.63, 3.8) is 0 Å². The second kappa shape index (κ2) is 6.51. The molecule has 0 bridgehead atoms. The molecule has 1 aromatic carbocycles. The van der Waals surface area contributed by atoms with Gasteiger partial charge in [0.1, 0.15) is 5.75 Å². The van der Waals surface area contributed by atoms with Gasteiger partial charge in [-0.25, -0.2) is 4.98 Å². The summed E-state index contributed by atoms with van der Waals surface area (Å²) in [6.45, 7) is 0. The van der Waals surface area contributed by atoms with Crippen LogP contribution in [-0.2, 0) is 0 Å². The molecular formula is C15H14N2O4. The third-order valence-electron chi connectivity index (χ3n) is 2.87. The van der Waals surface area contributed by atoms with Crippen LogP contribution in [0.5, 0.6) is 11.6 Å². The fraction of sp³-hybridized carbons (Fsp3) is 0.133. The van der Waals surface area contributed by atoms with Crippen LogP contribution in [0, 0.1) is 10.1 Å². The predicted molar refractivity (Wildman–Crippen MR) is 79.4 cm³/mol. The average molecular weight is 286 g/mol. The molecule has 0 fully saturated rings. The Labute approximate surface area is 121 Å². The lowest BCUT2D eigenvalue weighted by Gasteiger charge is -2.04. The molecule has 1 aromatic heterocycles. The molecule has 21 heavy (non-hydrogen) atoms. The second-order valence-corrected chi connectivity index (χ2v) is 4.12. The van der Waals surface area contributed by atoms with E-state index in [1.54, 1.807) is 36.5 Å². The first-order chi connectivity index (χ1) is 10.2. The van der Waals surface area contributed by atoms with Gasteiger partial charge in [-0.15, -0.1) is 0 Å². The van der Waals surface area contributed by atoms with Gasteiger partial charge in [0.15, 0.2) is 0 Å². The molecule has 0 atom stereocenters. The summed E-state index contributed by atoms with van der Waals surface area (Å²) in [6.07, 6.45) is 4.97. The molecule has 0 radical (unpaired) electrons. The first kappa shape index (κ1) is 14.5. The zero-order valence-electron chi connectivity index (χ0n) is 11.6. The van der Waals surface area contributed by atoms with Crippen molar-refractivity contribution >= 4 is 17.8 Å². The number of benzene rings is 1. The van der Waals surface area contributed by atoms with Crippen LogP contribution < -0.4 is 9.47 Å². The summed E-state index contributed by atoms with van der Waals surface area (Å²) in [5.74, 6) is 1.01. The minimum Gasteiger partial charge on any atom is -0.497 e. The second-order valence-electron chi connectivity index (χ2n) is 4.12. The van der Waals surface area contributed by atoms with Crippen LogP contribution in [0.25, 0.3) is 12.2 Å². The number of methoxy groups -OCH3 is 2. The lowest BCUT2D eigenvalue weighted by Crippen LogP contribution is -1.93. The van der Waals surface area contributed by atoms with Gasteiger partial charge in [-0.05, 0) is 36.4 Å². The molecule has 0 saturated heterocycles. The highest BCUT2D eigenvalue weighted by Gasteiger charge is 2.12. The minimum atomic E-state index is -0.431. The van der Waals surface area contributed by atoms with Gasteiger partial charge in [0.05, 0.1) is 24.7 Å². The molecule has 108 valence electrons. The lowest BCUT2D eigenvalue weighted by atomic mass is 10.1.